The van der Waals surface area contributed by atoms with Crippen molar-refractivity contribution in [3.8, 4) is 0 Å². The Balaban J connectivity index is 2.53. The summed E-state index contributed by atoms with van der Waals surface area (Å²) in [5.74, 6) is 0.346. The van der Waals surface area contributed by atoms with Crippen LogP contribution in [0.2, 0.25) is 0 Å². The maximum absolute atomic E-state index is 11.9. The van der Waals surface area contributed by atoms with Gasteiger partial charge in [0.25, 0.3) is 0 Å². The van der Waals surface area contributed by atoms with Crippen molar-refractivity contribution in [1.29, 1.82) is 0 Å². The molecule has 0 radical (unpaired) electrons. The molecule has 1 rings (SSSR count). The number of hydrogen-bond donors (Lipinski definition) is 2. The Bertz CT molecular complexity index is 398. The second kappa shape index (κ2) is 7.29. The van der Waals surface area contributed by atoms with E-state index in [1.54, 1.807) is 0 Å². The predicted molar refractivity (Wildman–Crippen MR) is 79.8 cm³/mol. The van der Waals surface area contributed by atoms with Crippen molar-refractivity contribution in [3.63, 3.8) is 0 Å². The Morgan fingerprint density at radius 3 is 2.26 bits per heavy atom. The van der Waals surface area contributed by atoms with Crippen LogP contribution >= 0.6 is 0 Å². The SMILES string of the molecule is CCc1ccc(C(C)NC(=O)CC(N)C(C)C)cc1. The van der Waals surface area contributed by atoms with Crippen molar-refractivity contribution in [1.82, 2.24) is 5.32 Å². The van der Waals surface area contributed by atoms with E-state index < -0.39 is 0 Å². The van der Waals surface area contributed by atoms with E-state index in [0.717, 1.165) is 12.0 Å². The van der Waals surface area contributed by atoms with Gasteiger partial charge in [-0.1, -0.05) is 45.0 Å². The van der Waals surface area contributed by atoms with Gasteiger partial charge in [-0.2, -0.15) is 0 Å². The number of nitrogens with one attached hydrogen (secondary N) is 1. The molecule has 2 atom stereocenters. The Morgan fingerprint density at radius 2 is 1.79 bits per heavy atom. The molecule has 1 amide bonds. The molecule has 19 heavy (non-hydrogen) atoms. The molecule has 3 N–H and O–H groups in total. The van der Waals surface area contributed by atoms with Crippen molar-refractivity contribution in [3.05, 3.63) is 35.4 Å². The summed E-state index contributed by atoms with van der Waals surface area (Å²) in [6.07, 6.45) is 1.42. The van der Waals surface area contributed by atoms with Gasteiger partial charge in [0.1, 0.15) is 0 Å². The first-order valence-corrected chi connectivity index (χ1v) is 7.07. The summed E-state index contributed by atoms with van der Waals surface area (Å²) < 4.78 is 0. The van der Waals surface area contributed by atoms with E-state index in [-0.39, 0.29) is 18.0 Å². The Hall–Kier alpha value is -1.35. The van der Waals surface area contributed by atoms with E-state index in [2.05, 4.69) is 36.5 Å². The lowest BCUT2D eigenvalue weighted by atomic mass is 10.0. The molecule has 3 nitrogen and oxygen atoms in total. The molecule has 0 aliphatic heterocycles. The molecular weight excluding hydrogens is 236 g/mol. The zero-order valence-corrected chi connectivity index (χ0v) is 12.4. The van der Waals surface area contributed by atoms with Gasteiger partial charge in [-0.25, -0.2) is 0 Å². The summed E-state index contributed by atoms with van der Waals surface area (Å²) in [6, 6.07) is 8.32. The van der Waals surface area contributed by atoms with Gasteiger partial charge in [0, 0.05) is 12.5 Å². The van der Waals surface area contributed by atoms with Gasteiger partial charge < -0.3 is 11.1 Å². The average molecular weight is 262 g/mol. The number of rotatable bonds is 6. The average Bonchev–Trinajstić information content (AvgIpc) is 2.38. The zero-order valence-electron chi connectivity index (χ0n) is 12.4. The minimum absolute atomic E-state index is 0.0215. The van der Waals surface area contributed by atoms with Gasteiger partial charge in [0.2, 0.25) is 5.91 Å². The maximum atomic E-state index is 11.9. The lowest BCUT2D eigenvalue weighted by Crippen LogP contribution is -2.35. The lowest BCUT2D eigenvalue weighted by Gasteiger charge is -2.18. The highest BCUT2D eigenvalue weighted by molar-refractivity contribution is 5.77. The number of carbonyl (C=O) groups is 1. The first-order valence-electron chi connectivity index (χ1n) is 7.07. The van der Waals surface area contributed by atoms with Crippen molar-refractivity contribution in [2.24, 2.45) is 11.7 Å². The summed E-state index contributed by atoms with van der Waals surface area (Å²) in [4.78, 5) is 11.9. The molecule has 0 bridgehead atoms. The minimum atomic E-state index is -0.0744. The Kier molecular flexibility index (Phi) is 6.03. The van der Waals surface area contributed by atoms with Crippen LogP contribution in [0.25, 0.3) is 0 Å². The zero-order chi connectivity index (χ0) is 14.4. The number of benzene rings is 1. The topological polar surface area (TPSA) is 55.1 Å². The molecule has 0 spiro atoms. The van der Waals surface area contributed by atoms with Crippen LogP contribution in [0, 0.1) is 5.92 Å². The quantitative estimate of drug-likeness (QED) is 0.828. The van der Waals surface area contributed by atoms with Gasteiger partial charge in [-0.15, -0.1) is 0 Å². The standard InChI is InChI=1S/C16H26N2O/c1-5-13-6-8-14(9-7-13)12(4)18-16(19)10-15(17)11(2)3/h6-9,11-12,15H,5,10,17H2,1-4H3,(H,18,19). The van der Waals surface area contributed by atoms with Crippen molar-refractivity contribution >= 4 is 5.91 Å². The smallest absolute Gasteiger partial charge is 0.222 e. The second-order valence-electron chi connectivity index (χ2n) is 5.50. The Labute approximate surface area is 116 Å². The second-order valence-corrected chi connectivity index (χ2v) is 5.50. The van der Waals surface area contributed by atoms with Crippen LogP contribution < -0.4 is 11.1 Å². The summed E-state index contributed by atoms with van der Waals surface area (Å²) in [7, 11) is 0. The van der Waals surface area contributed by atoms with Crippen LogP contribution in [0.3, 0.4) is 0 Å². The van der Waals surface area contributed by atoms with E-state index in [9.17, 15) is 4.79 Å². The van der Waals surface area contributed by atoms with Gasteiger partial charge in [0.15, 0.2) is 0 Å². The fourth-order valence-electron chi connectivity index (χ4n) is 1.88. The molecule has 106 valence electrons. The third-order valence-electron chi connectivity index (χ3n) is 3.54. The van der Waals surface area contributed by atoms with E-state index in [1.807, 2.05) is 20.8 Å². The van der Waals surface area contributed by atoms with Crippen LogP contribution in [-0.4, -0.2) is 11.9 Å². The maximum Gasteiger partial charge on any atom is 0.222 e. The summed E-state index contributed by atoms with van der Waals surface area (Å²) in [5, 5.41) is 3.00. The first kappa shape index (κ1) is 15.7. The van der Waals surface area contributed by atoms with E-state index in [4.69, 9.17) is 5.73 Å². The lowest BCUT2D eigenvalue weighted by molar-refractivity contribution is -0.122. The van der Waals surface area contributed by atoms with Gasteiger partial charge in [-0.05, 0) is 30.4 Å². The molecule has 0 aromatic heterocycles. The fraction of sp³-hybridized carbons (Fsp3) is 0.562. The number of nitrogens with two attached hydrogens (primary N) is 1. The van der Waals surface area contributed by atoms with E-state index in [0.29, 0.717) is 12.3 Å². The van der Waals surface area contributed by atoms with Crippen LogP contribution in [0.4, 0.5) is 0 Å². The number of amides is 1. The largest absolute Gasteiger partial charge is 0.350 e. The van der Waals surface area contributed by atoms with Crippen molar-refractivity contribution < 1.29 is 4.79 Å². The Morgan fingerprint density at radius 1 is 1.21 bits per heavy atom. The first-order chi connectivity index (χ1) is 8.93. The molecule has 2 unspecified atom stereocenters. The molecule has 0 saturated carbocycles. The van der Waals surface area contributed by atoms with E-state index in [1.165, 1.54) is 5.56 Å². The highest BCUT2D eigenvalue weighted by Crippen LogP contribution is 2.14. The molecule has 0 aliphatic carbocycles. The van der Waals surface area contributed by atoms with E-state index >= 15 is 0 Å². The predicted octanol–water partition coefficient (Wildman–Crippen LogP) is 2.80. The van der Waals surface area contributed by atoms with Gasteiger partial charge >= 0.3 is 0 Å². The number of carbonyl (C=O) groups excluding carboxylic acids is 1. The third-order valence-corrected chi connectivity index (χ3v) is 3.54. The molecule has 1 aromatic rings. The molecule has 0 aliphatic rings. The van der Waals surface area contributed by atoms with Crippen LogP contribution in [0.15, 0.2) is 24.3 Å². The summed E-state index contributed by atoms with van der Waals surface area (Å²) in [5.41, 5.74) is 8.35. The number of aryl methyl sites for hydroxylation is 1. The fourth-order valence-corrected chi connectivity index (χ4v) is 1.88. The van der Waals surface area contributed by atoms with Crippen molar-refractivity contribution in [2.45, 2.75) is 52.6 Å². The minimum Gasteiger partial charge on any atom is -0.350 e. The normalized spacial score (nSPS) is 14.2. The molecule has 0 saturated heterocycles. The van der Waals surface area contributed by atoms with Crippen molar-refractivity contribution in [2.75, 3.05) is 0 Å². The molecular formula is C16H26N2O. The van der Waals surface area contributed by atoms with Crippen LogP contribution in [0.1, 0.15) is 51.3 Å². The number of hydrogen-bond acceptors (Lipinski definition) is 2. The summed E-state index contributed by atoms with van der Waals surface area (Å²) in [6.45, 7) is 8.20. The van der Waals surface area contributed by atoms with Gasteiger partial charge in [0.05, 0.1) is 6.04 Å². The summed E-state index contributed by atoms with van der Waals surface area (Å²) >= 11 is 0. The highest BCUT2D eigenvalue weighted by Gasteiger charge is 2.15. The van der Waals surface area contributed by atoms with Crippen LogP contribution in [-0.2, 0) is 11.2 Å². The third kappa shape index (κ3) is 5.03. The molecule has 0 heterocycles. The van der Waals surface area contributed by atoms with Crippen LogP contribution in [0.5, 0.6) is 0 Å². The highest BCUT2D eigenvalue weighted by atomic mass is 16.1. The van der Waals surface area contributed by atoms with Gasteiger partial charge in [-0.3, -0.25) is 4.79 Å². The monoisotopic (exact) mass is 262 g/mol. The molecule has 3 heteroatoms. The molecule has 1 aromatic carbocycles. The molecule has 0 fully saturated rings.